The number of carbonyl (C=O) groups excluding carboxylic acids is 2. The summed E-state index contributed by atoms with van der Waals surface area (Å²) in [4.78, 5) is 43.5. The summed E-state index contributed by atoms with van der Waals surface area (Å²) in [6.07, 6.45) is 0.645. The third-order valence-corrected chi connectivity index (χ3v) is 7.06. The van der Waals surface area contributed by atoms with Crippen LogP contribution in [0.1, 0.15) is 71.4 Å². The molecule has 14 heteroatoms. The molecule has 6 N–H and O–H groups in total. The lowest BCUT2D eigenvalue weighted by atomic mass is 9.87. The van der Waals surface area contributed by atoms with Gasteiger partial charge in [-0.15, -0.1) is 0 Å². The van der Waals surface area contributed by atoms with Crippen LogP contribution < -0.4 is 21.1 Å². The van der Waals surface area contributed by atoms with Crippen LogP contribution in [-0.4, -0.2) is 67.1 Å². The average Bonchev–Trinajstić information content (AvgIpc) is 2.93. The molecule has 0 bridgehead atoms. The number of hydrogen-bond donors (Lipinski definition) is 5. The van der Waals surface area contributed by atoms with E-state index in [0.717, 1.165) is 6.26 Å². The third-order valence-electron chi connectivity index (χ3n) is 6.50. The molecule has 1 heterocycles. The van der Waals surface area contributed by atoms with Crippen LogP contribution in [0.2, 0.25) is 0 Å². The van der Waals surface area contributed by atoms with E-state index in [4.69, 9.17) is 20.1 Å². The van der Waals surface area contributed by atoms with E-state index in [2.05, 4.69) is 15.6 Å². The molecule has 1 aromatic heterocycles. The van der Waals surface area contributed by atoms with Crippen molar-refractivity contribution in [1.82, 2.24) is 10.3 Å². The number of ether oxygens (including phenoxy) is 1. The van der Waals surface area contributed by atoms with Crippen LogP contribution in [0.15, 0.2) is 54.6 Å². The lowest BCUT2D eigenvalue weighted by Gasteiger charge is -2.31. The second-order valence-corrected chi connectivity index (χ2v) is 13.2. The minimum Gasteiger partial charge on any atom is -0.478 e. The minimum absolute atomic E-state index is 0.00552. The fourth-order valence-electron chi connectivity index (χ4n) is 4.10. The SMILES string of the molecule is CC(C)Oc1ccc(-c2ccc(C(=O)N[C@H](COS(C)(=O)=O)C(C)(C)C)cc2C(=O)O)c(C(=O)Nc2ccc(C(=N)N)cc2)n1. The van der Waals surface area contributed by atoms with Crippen molar-refractivity contribution in [3.8, 4) is 17.0 Å². The first kappa shape index (κ1) is 34.7. The van der Waals surface area contributed by atoms with Gasteiger partial charge in [0.15, 0.2) is 0 Å². The van der Waals surface area contributed by atoms with Gasteiger partial charge in [-0.05, 0) is 67.3 Å². The lowest BCUT2D eigenvalue weighted by Crippen LogP contribution is -2.47. The molecule has 1 atom stereocenters. The molecule has 0 unspecified atom stereocenters. The molecule has 0 aliphatic carbocycles. The summed E-state index contributed by atoms with van der Waals surface area (Å²) in [6, 6.07) is 12.5. The summed E-state index contributed by atoms with van der Waals surface area (Å²) in [5.41, 5.74) is 5.63. The molecule has 0 saturated heterocycles. The highest BCUT2D eigenvalue weighted by Gasteiger charge is 2.29. The summed E-state index contributed by atoms with van der Waals surface area (Å²) in [5, 5.41) is 23.1. The molecule has 45 heavy (non-hydrogen) atoms. The Bertz CT molecular complexity index is 1710. The molecule has 3 aromatic rings. The van der Waals surface area contributed by atoms with E-state index in [0.29, 0.717) is 11.3 Å². The predicted molar refractivity (Wildman–Crippen MR) is 169 cm³/mol. The van der Waals surface area contributed by atoms with Crippen molar-refractivity contribution < 1.29 is 36.8 Å². The Labute approximate surface area is 261 Å². The molecule has 13 nitrogen and oxygen atoms in total. The van der Waals surface area contributed by atoms with E-state index < -0.39 is 39.4 Å². The number of nitrogens with two attached hydrogens (primary N) is 1. The molecule has 0 saturated carbocycles. The Kier molecular flexibility index (Phi) is 10.7. The van der Waals surface area contributed by atoms with Gasteiger partial charge in [-0.1, -0.05) is 26.8 Å². The number of aromatic nitrogens is 1. The van der Waals surface area contributed by atoms with E-state index in [9.17, 15) is 27.9 Å². The van der Waals surface area contributed by atoms with E-state index >= 15 is 0 Å². The number of aromatic carboxylic acids is 1. The maximum atomic E-state index is 13.5. The molecular formula is C31H37N5O8S. The van der Waals surface area contributed by atoms with Crippen LogP contribution in [0.25, 0.3) is 11.1 Å². The first-order chi connectivity index (χ1) is 20.9. The van der Waals surface area contributed by atoms with Crippen molar-refractivity contribution in [1.29, 1.82) is 5.41 Å². The van der Waals surface area contributed by atoms with Crippen molar-refractivity contribution in [2.24, 2.45) is 11.1 Å². The van der Waals surface area contributed by atoms with Gasteiger partial charge < -0.3 is 26.2 Å². The molecule has 0 fully saturated rings. The quantitative estimate of drug-likeness (QED) is 0.110. The van der Waals surface area contributed by atoms with Crippen LogP contribution in [-0.2, 0) is 14.3 Å². The van der Waals surface area contributed by atoms with E-state index in [-0.39, 0.29) is 52.4 Å². The molecule has 240 valence electrons. The van der Waals surface area contributed by atoms with Crippen molar-refractivity contribution >= 4 is 39.4 Å². The second kappa shape index (κ2) is 13.9. The molecule has 0 radical (unpaired) electrons. The Morgan fingerprint density at radius 2 is 1.58 bits per heavy atom. The summed E-state index contributed by atoms with van der Waals surface area (Å²) in [5.74, 6) is -2.66. The number of hydrogen-bond acceptors (Lipinski definition) is 9. The monoisotopic (exact) mass is 639 g/mol. The number of nitrogen functional groups attached to an aromatic ring is 1. The van der Waals surface area contributed by atoms with Gasteiger partial charge >= 0.3 is 5.97 Å². The first-order valence-corrected chi connectivity index (χ1v) is 15.6. The third kappa shape index (κ3) is 9.58. The Hall–Kier alpha value is -4.82. The number of pyridine rings is 1. The maximum Gasteiger partial charge on any atom is 0.336 e. The van der Waals surface area contributed by atoms with Gasteiger partial charge in [0, 0.05) is 28.4 Å². The molecule has 0 aliphatic heterocycles. The molecule has 3 rings (SSSR count). The summed E-state index contributed by atoms with van der Waals surface area (Å²) in [6.45, 7) is 8.63. The summed E-state index contributed by atoms with van der Waals surface area (Å²) >= 11 is 0. The predicted octanol–water partition coefficient (Wildman–Crippen LogP) is 3.89. The van der Waals surface area contributed by atoms with Crippen LogP contribution in [0, 0.1) is 10.8 Å². The molecule has 2 amide bonds. The van der Waals surface area contributed by atoms with Gasteiger partial charge in [-0.2, -0.15) is 8.42 Å². The molecular weight excluding hydrogens is 602 g/mol. The number of nitrogens with one attached hydrogen (secondary N) is 3. The highest BCUT2D eigenvalue weighted by atomic mass is 32.2. The molecule has 0 aliphatic rings. The van der Waals surface area contributed by atoms with Gasteiger partial charge in [0.05, 0.1) is 30.6 Å². The Balaban J connectivity index is 2.03. The fraction of sp³-hybridized carbons (Fsp3) is 0.323. The zero-order valence-electron chi connectivity index (χ0n) is 25.8. The van der Waals surface area contributed by atoms with Crippen molar-refractivity contribution in [2.45, 2.75) is 46.8 Å². The van der Waals surface area contributed by atoms with Gasteiger partial charge in [0.2, 0.25) is 5.88 Å². The molecule has 2 aromatic carbocycles. The summed E-state index contributed by atoms with van der Waals surface area (Å²) < 4.78 is 33.7. The van der Waals surface area contributed by atoms with Gasteiger partial charge in [0.1, 0.15) is 11.5 Å². The van der Waals surface area contributed by atoms with Gasteiger partial charge in [-0.25, -0.2) is 9.78 Å². The van der Waals surface area contributed by atoms with Crippen molar-refractivity contribution in [3.63, 3.8) is 0 Å². The van der Waals surface area contributed by atoms with Crippen LogP contribution in [0.5, 0.6) is 5.88 Å². The van der Waals surface area contributed by atoms with E-state index in [1.807, 2.05) is 0 Å². The van der Waals surface area contributed by atoms with Crippen LogP contribution in [0.4, 0.5) is 5.69 Å². The second-order valence-electron chi connectivity index (χ2n) is 11.6. The number of amides is 2. The number of carboxylic acids is 1. The molecule has 0 spiro atoms. The highest BCUT2D eigenvalue weighted by Crippen LogP contribution is 2.31. The highest BCUT2D eigenvalue weighted by molar-refractivity contribution is 7.85. The number of benzene rings is 2. The smallest absolute Gasteiger partial charge is 0.336 e. The van der Waals surface area contributed by atoms with E-state index in [1.54, 1.807) is 58.9 Å². The number of nitrogens with zero attached hydrogens (tertiary/aromatic N) is 1. The zero-order chi connectivity index (χ0) is 33.7. The number of amidine groups is 1. The maximum absolute atomic E-state index is 13.5. The van der Waals surface area contributed by atoms with Gasteiger partial charge in [0.25, 0.3) is 21.9 Å². The van der Waals surface area contributed by atoms with E-state index in [1.165, 1.54) is 30.3 Å². The topological polar surface area (TPSA) is 211 Å². The Morgan fingerprint density at radius 3 is 2.11 bits per heavy atom. The summed E-state index contributed by atoms with van der Waals surface area (Å²) in [7, 11) is -3.77. The average molecular weight is 640 g/mol. The van der Waals surface area contributed by atoms with Crippen LogP contribution in [0.3, 0.4) is 0 Å². The lowest BCUT2D eigenvalue weighted by molar-refractivity contribution is 0.0697. The minimum atomic E-state index is -3.77. The van der Waals surface area contributed by atoms with Crippen LogP contribution >= 0.6 is 0 Å². The first-order valence-electron chi connectivity index (χ1n) is 13.8. The van der Waals surface area contributed by atoms with Gasteiger partial charge in [-0.3, -0.25) is 19.2 Å². The number of anilines is 1. The largest absolute Gasteiger partial charge is 0.478 e. The zero-order valence-corrected chi connectivity index (χ0v) is 26.6. The normalized spacial score (nSPS) is 12.3. The van der Waals surface area contributed by atoms with Crippen molar-refractivity contribution in [3.05, 3.63) is 77.0 Å². The van der Waals surface area contributed by atoms with Crippen molar-refractivity contribution in [2.75, 3.05) is 18.2 Å². The fourth-order valence-corrected chi connectivity index (χ4v) is 4.48. The number of carboxylic acid groups (broad SMARTS) is 1. The Morgan fingerprint density at radius 1 is 0.978 bits per heavy atom. The standard InChI is InChI=1S/C31H37N5O8S/c1-17(2)44-25-14-13-22(26(36-25)29(38)34-20-10-7-18(8-11-20)27(32)33)21-12-9-19(15-23(21)30(39)40)28(37)35-24(31(3,4)5)16-43-45(6,41)42/h7-15,17,24H,16H2,1-6H3,(H3,32,33)(H,34,38)(H,35,37)(H,39,40)/t24-/m1/s1. The number of rotatable bonds is 12. The number of carbonyl (C=O) groups is 3.